The highest BCUT2D eigenvalue weighted by molar-refractivity contribution is 5.93. The Balaban J connectivity index is 2.44. The maximum atomic E-state index is 10.8. The molecule has 0 atom stereocenters. The maximum Gasteiger partial charge on any atom is 0.354 e. The number of carboxylic acids is 1. The van der Waals surface area contributed by atoms with Crippen LogP contribution in [-0.2, 0) is 0 Å². The first-order valence-corrected chi connectivity index (χ1v) is 4.73. The van der Waals surface area contributed by atoms with Crippen molar-refractivity contribution in [3.63, 3.8) is 0 Å². The maximum absolute atomic E-state index is 10.8. The molecule has 2 heterocycles. The molecule has 1 aromatic carbocycles. The predicted molar refractivity (Wildman–Crippen MR) is 57.5 cm³/mol. The van der Waals surface area contributed by atoms with Gasteiger partial charge in [-0.15, -0.1) is 0 Å². The monoisotopic (exact) mass is 213 g/mol. The normalized spacial score (nSPS) is 11.0. The summed E-state index contributed by atoms with van der Waals surface area (Å²) in [5.74, 6) is -1.03. The van der Waals surface area contributed by atoms with Gasteiger partial charge in [0.05, 0.1) is 5.52 Å². The summed E-state index contributed by atoms with van der Waals surface area (Å²) in [6.45, 7) is 0. The van der Waals surface area contributed by atoms with Gasteiger partial charge in [-0.1, -0.05) is 12.1 Å². The second-order valence-corrected chi connectivity index (χ2v) is 3.40. The molecule has 78 valence electrons. The van der Waals surface area contributed by atoms with Gasteiger partial charge in [-0.05, 0) is 18.2 Å². The average molecular weight is 213 g/mol. The zero-order valence-electron chi connectivity index (χ0n) is 8.16. The second kappa shape index (κ2) is 3.03. The molecule has 0 aliphatic heterocycles. The number of carboxylic acid groups (broad SMARTS) is 1. The van der Waals surface area contributed by atoms with Crippen molar-refractivity contribution in [3.05, 3.63) is 42.2 Å². The molecule has 0 spiro atoms. The van der Waals surface area contributed by atoms with E-state index in [4.69, 9.17) is 5.11 Å². The van der Waals surface area contributed by atoms with Gasteiger partial charge in [-0.25, -0.2) is 14.3 Å². The van der Waals surface area contributed by atoms with Crippen LogP contribution < -0.4 is 0 Å². The van der Waals surface area contributed by atoms with Crippen molar-refractivity contribution in [2.75, 3.05) is 0 Å². The van der Waals surface area contributed by atoms with Gasteiger partial charge in [0, 0.05) is 11.6 Å². The Bertz CT molecular complexity index is 703. The van der Waals surface area contributed by atoms with E-state index in [2.05, 4.69) is 10.1 Å². The lowest BCUT2D eigenvalue weighted by atomic mass is 10.2. The molecular formula is C11H7N3O2. The SMILES string of the molecule is O=C(O)c1ccn2nc3ccccc3c2n1. The third-order valence-corrected chi connectivity index (χ3v) is 2.40. The van der Waals surface area contributed by atoms with Crippen LogP contribution in [0.4, 0.5) is 0 Å². The van der Waals surface area contributed by atoms with Crippen molar-refractivity contribution in [3.8, 4) is 0 Å². The van der Waals surface area contributed by atoms with E-state index < -0.39 is 5.97 Å². The van der Waals surface area contributed by atoms with Gasteiger partial charge >= 0.3 is 5.97 Å². The predicted octanol–water partition coefficient (Wildman–Crippen LogP) is 1.58. The Labute approximate surface area is 90.0 Å². The van der Waals surface area contributed by atoms with Crippen LogP contribution in [0, 0.1) is 0 Å². The molecule has 0 unspecified atom stereocenters. The molecule has 1 N–H and O–H groups in total. The summed E-state index contributed by atoms with van der Waals surface area (Å²) in [5, 5.41) is 14.0. The van der Waals surface area contributed by atoms with Crippen LogP contribution in [-0.4, -0.2) is 25.7 Å². The van der Waals surface area contributed by atoms with Crippen LogP contribution in [0.5, 0.6) is 0 Å². The summed E-state index contributed by atoms with van der Waals surface area (Å²) in [4.78, 5) is 14.9. The standard InChI is InChI=1S/C11H7N3O2/c15-11(16)9-5-6-14-10(12-9)7-3-1-2-4-8(7)13-14/h1-6H,(H,15,16). The Morgan fingerprint density at radius 3 is 2.88 bits per heavy atom. The second-order valence-electron chi connectivity index (χ2n) is 3.40. The Kier molecular flexibility index (Phi) is 1.67. The zero-order valence-corrected chi connectivity index (χ0v) is 8.16. The van der Waals surface area contributed by atoms with E-state index in [1.54, 1.807) is 10.7 Å². The average Bonchev–Trinajstić information content (AvgIpc) is 2.66. The van der Waals surface area contributed by atoms with Crippen LogP contribution in [0.1, 0.15) is 10.5 Å². The molecule has 16 heavy (non-hydrogen) atoms. The van der Waals surface area contributed by atoms with Gasteiger partial charge in [0.15, 0.2) is 11.3 Å². The highest BCUT2D eigenvalue weighted by Gasteiger charge is 2.09. The Hall–Kier alpha value is -2.43. The summed E-state index contributed by atoms with van der Waals surface area (Å²) >= 11 is 0. The molecule has 2 aromatic heterocycles. The number of nitrogens with zero attached hydrogens (tertiary/aromatic N) is 3. The summed E-state index contributed by atoms with van der Waals surface area (Å²) < 4.78 is 1.58. The van der Waals surface area contributed by atoms with Crippen molar-refractivity contribution < 1.29 is 9.90 Å². The molecule has 0 bridgehead atoms. The number of fused-ring (bicyclic) bond motifs is 3. The van der Waals surface area contributed by atoms with Gasteiger partial charge in [-0.3, -0.25) is 0 Å². The van der Waals surface area contributed by atoms with Gasteiger partial charge in [0.1, 0.15) is 0 Å². The highest BCUT2D eigenvalue weighted by atomic mass is 16.4. The minimum Gasteiger partial charge on any atom is -0.477 e. The lowest BCUT2D eigenvalue weighted by Crippen LogP contribution is -2.02. The van der Waals surface area contributed by atoms with Gasteiger partial charge in [0.25, 0.3) is 0 Å². The van der Waals surface area contributed by atoms with Crippen LogP contribution in [0.25, 0.3) is 16.6 Å². The largest absolute Gasteiger partial charge is 0.477 e. The molecule has 0 amide bonds. The number of hydrogen-bond acceptors (Lipinski definition) is 3. The van der Waals surface area contributed by atoms with E-state index in [-0.39, 0.29) is 5.69 Å². The minimum atomic E-state index is -1.03. The van der Waals surface area contributed by atoms with E-state index in [1.807, 2.05) is 24.3 Å². The first-order chi connectivity index (χ1) is 7.75. The lowest BCUT2D eigenvalue weighted by Gasteiger charge is -1.94. The fraction of sp³-hybridized carbons (Fsp3) is 0. The van der Waals surface area contributed by atoms with Crippen LogP contribution in [0.15, 0.2) is 36.5 Å². The van der Waals surface area contributed by atoms with Crippen LogP contribution in [0.2, 0.25) is 0 Å². The third-order valence-electron chi connectivity index (χ3n) is 2.40. The topological polar surface area (TPSA) is 67.5 Å². The summed E-state index contributed by atoms with van der Waals surface area (Å²) in [6, 6.07) is 8.92. The van der Waals surface area contributed by atoms with E-state index >= 15 is 0 Å². The van der Waals surface area contributed by atoms with Crippen molar-refractivity contribution in [1.29, 1.82) is 0 Å². The Morgan fingerprint density at radius 2 is 2.06 bits per heavy atom. The third kappa shape index (κ3) is 1.15. The van der Waals surface area contributed by atoms with Crippen LogP contribution >= 0.6 is 0 Å². The quantitative estimate of drug-likeness (QED) is 0.666. The minimum absolute atomic E-state index is 0.0261. The van der Waals surface area contributed by atoms with Crippen molar-refractivity contribution in [1.82, 2.24) is 14.6 Å². The number of aromatic nitrogens is 3. The molecule has 5 heteroatoms. The van der Waals surface area contributed by atoms with Crippen molar-refractivity contribution >= 4 is 22.5 Å². The number of aromatic carboxylic acids is 1. The smallest absolute Gasteiger partial charge is 0.354 e. The van der Waals surface area contributed by atoms with Gasteiger partial charge in [0.2, 0.25) is 0 Å². The van der Waals surface area contributed by atoms with E-state index in [9.17, 15) is 4.79 Å². The molecule has 0 fully saturated rings. The first kappa shape index (κ1) is 8.84. The van der Waals surface area contributed by atoms with Crippen molar-refractivity contribution in [2.45, 2.75) is 0 Å². The molecule has 5 nitrogen and oxygen atoms in total. The fourth-order valence-electron chi connectivity index (χ4n) is 1.66. The highest BCUT2D eigenvalue weighted by Crippen LogP contribution is 2.17. The molecule has 3 rings (SSSR count). The molecule has 0 aliphatic carbocycles. The zero-order chi connectivity index (χ0) is 11.1. The summed E-state index contributed by atoms with van der Waals surface area (Å²) in [5.41, 5.74) is 1.39. The first-order valence-electron chi connectivity index (χ1n) is 4.73. The summed E-state index contributed by atoms with van der Waals surface area (Å²) in [7, 11) is 0. The van der Waals surface area contributed by atoms with E-state index in [0.29, 0.717) is 5.65 Å². The lowest BCUT2D eigenvalue weighted by molar-refractivity contribution is 0.0690. The number of benzene rings is 1. The summed E-state index contributed by atoms with van der Waals surface area (Å²) in [6.07, 6.45) is 1.60. The van der Waals surface area contributed by atoms with Gasteiger partial charge in [-0.2, -0.15) is 5.10 Å². The number of rotatable bonds is 1. The number of carbonyl (C=O) groups is 1. The van der Waals surface area contributed by atoms with E-state index in [1.165, 1.54) is 6.07 Å². The molecule has 3 aromatic rings. The molecular weight excluding hydrogens is 206 g/mol. The molecule has 0 aliphatic rings. The van der Waals surface area contributed by atoms with Crippen LogP contribution in [0.3, 0.4) is 0 Å². The molecule has 0 saturated heterocycles. The number of hydrogen-bond donors (Lipinski definition) is 1. The van der Waals surface area contributed by atoms with Gasteiger partial charge < -0.3 is 5.11 Å². The molecule has 0 saturated carbocycles. The fourth-order valence-corrected chi connectivity index (χ4v) is 1.66. The Morgan fingerprint density at radius 1 is 1.25 bits per heavy atom. The van der Waals surface area contributed by atoms with E-state index in [0.717, 1.165) is 10.9 Å². The van der Waals surface area contributed by atoms with Crippen molar-refractivity contribution in [2.24, 2.45) is 0 Å². The molecule has 0 radical (unpaired) electrons.